The topological polar surface area (TPSA) is 118 Å². The number of benzene rings is 2. The molecular weight excluding hydrogens is 426 g/mol. The van der Waals surface area contributed by atoms with Gasteiger partial charge in [0.15, 0.2) is 5.78 Å². The molecule has 1 aliphatic carbocycles. The minimum absolute atomic E-state index is 0.0327. The van der Waals surface area contributed by atoms with Crippen molar-refractivity contribution < 1.29 is 24.1 Å². The van der Waals surface area contributed by atoms with Crippen LogP contribution in [0.3, 0.4) is 0 Å². The summed E-state index contributed by atoms with van der Waals surface area (Å²) in [5.41, 5.74) is 0.168. The minimum Gasteiger partial charge on any atom is -0.292 e. The fourth-order valence-corrected chi connectivity index (χ4v) is 4.57. The van der Waals surface area contributed by atoms with Crippen LogP contribution >= 0.6 is 0 Å². The van der Waals surface area contributed by atoms with Crippen molar-refractivity contribution in [2.45, 2.75) is 26.2 Å². The van der Waals surface area contributed by atoms with Gasteiger partial charge in [0.2, 0.25) is 0 Å². The Hall–Kier alpha value is -3.88. The number of imide groups is 1. The highest BCUT2D eigenvalue weighted by atomic mass is 16.6. The van der Waals surface area contributed by atoms with Gasteiger partial charge in [0.25, 0.3) is 23.4 Å². The van der Waals surface area contributed by atoms with Gasteiger partial charge in [-0.25, -0.2) is 5.01 Å². The second kappa shape index (κ2) is 8.93. The minimum atomic E-state index is -0.748. The zero-order chi connectivity index (χ0) is 23.7. The van der Waals surface area contributed by atoms with Crippen molar-refractivity contribution in [1.82, 2.24) is 10.0 Å². The number of hydrogen-bond acceptors (Lipinski definition) is 6. The third-order valence-electron chi connectivity index (χ3n) is 6.35. The number of nitro benzene ring substituents is 1. The highest BCUT2D eigenvalue weighted by Crippen LogP contribution is 2.41. The molecule has 3 amide bonds. The van der Waals surface area contributed by atoms with E-state index in [0.29, 0.717) is 18.4 Å². The predicted molar refractivity (Wildman–Crippen MR) is 117 cm³/mol. The molecule has 9 heteroatoms. The molecule has 0 spiro atoms. The van der Waals surface area contributed by atoms with E-state index in [0.717, 1.165) is 16.4 Å². The van der Waals surface area contributed by atoms with E-state index in [4.69, 9.17) is 0 Å². The molecule has 33 heavy (non-hydrogen) atoms. The Kier molecular flexibility index (Phi) is 6.04. The molecule has 1 heterocycles. The van der Waals surface area contributed by atoms with E-state index < -0.39 is 46.8 Å². The maximum Gasteiger partial charge on any atom is 0.273 e. The Balaban J connectivity index is 1.68. The average Bonchev–Trinajstić information content (AvgIpc) is 3.06. The van der Waals surface area contributed by atoms with E-state index in [1.165, 1.54) is 24.3 Å². The van der Waals surface area contributed by atoms with Gasteiger partial charge in [-0.2, -0.15) is 5.01 Å². The second-order valence-electron chi connectivity index (χ2n) is 8.58. The molecule has 2 aromatic carbocycles. The number of hydrazine groups is 1. The SMILES string of the molecule is C[C@@H]1CC[C@@H]2C(=O)N(N(CC(=O)c3ccccc3)C(=O)c3ccc([N+](=O)[O-])cc3)C(=O)[C@@H]2C1. The van der Waals surface area contributed by atoms with Crippen molar-refractivity contribution in [3.8, 4) is 0 Å². The first-order valence-electron chi connectivity index (χ1n) is 10.8. The van der Waals surface area contributed by atoms with Crippen LogP contribution in [0.25, 0.3) is 0 Å². The van der Waals surface area contributed by atoms with E-state index in [1.54, 1.807) is 30.3 Å². The Morgan fingerprint density at radius 3 is 2.24 bits per heavy atom. The molecule has 1 saturated heterocycles. The Bertz CT molecular complexity index is 1110. The van der Waals surface area contributed by atoms with E-state index in [-0.39, 0.29) is 17.2 Å². The lowest BCUT2D eigenvalue weighted by atomic mass is 9.76. The number of Topliss-reactive ketones (excluding diaryl/α,β-unsaturated/α-hetero) is 1. The molecule has 0 aromatic heterocycles. The molecule has 0 N–H and O–H groups in total. The summed E-state index contributed by atoms with van der Waals surface area (Å²) in [6.45, 7) is 1.52. The molecule has 0 radical (unpaired) electrons. The zero-order valence-corrected chi connectivity index (χ0v) is 18.0. The summed E-state index contributed by atoms with van der Waals surface area (Å²) in [6, 6.07) is 13.1. The highest BCUT2D eigenvalue weighted by molar-refractivity contribution is 6.09. The van der Waals surface area contributed by atoms with Crippen LogP contribution in [0.5, 0.6) is 0 Å². The van der Waals surface area contributed by atoms with Gasteiger partial charge in [-0.05, 0) is 37.3 Å². The fraction of sp³-hybridized carbons (Fsp3) is 0.333. The van der Waals surface area contributed by atoms with Gasteiger partial charge in [0.05, 0.1) is 16.8 Å². The van der Waals surface area contributed by atoms with Gasteiger partial charge in [-0.3, -0.25) is 29.3 Å². The zero-order valence-electron chi connectivity index (χ0n) is 18.0. The van der Waals surface area contributed by atoms with Crippen LogP contribution in [0.4, 0.5) is 5.69 Å². The van der Waals surface area contributed by atoms with Crippen LogP contribution in [0.15, 0.2) is 54.6 Å². The van der Waals surface area contributed by atoms with Gasteiger partial charge in [-0.15, -0.1) is 0 Å². The molecule has 0 unspecified atom stereocenters. The highest BCUT2D eigenvalue weighted by Gasteiger charge is 2.52. The first-order chi connectivity index (χ1) is 15.8. The van der Waals surface area contributed by atoms with Gasteiger partial charge in [0, 0.05) is 23.3 Å². The molecule has 170 valence electrons. The molecule has 9 nitrogen and oxygen atoms in total. The molecule has 2 aliphatic rings. The number of rotatable bonds is 6. The maximum atomic E-state index is 13.4. The number of ketones is 1. The average molecular weight is 449 g/mol. The van der Waals surface area contributed by atoms with Crippen molar-refractivity contribution in [2.24, 2.45) is 17.8 Å². The number of nitro groups is 1. The molecular formula is C24H23N3O6. The number of non-ortho nitro benzene ring substituents is 1. The van der Waals surface area contributed by atoms with E-state index in [1.807, 2.05) is 6.92 Å². The monoisotopic (exact) mass is 449 g/mol. The Morgan fingerprint density at radius 1 is 0.970 bits per heavy atom. The number of nitrogens with zero attached hydrogens (tertiary/aromatic N) is 3. The predicted octanol–water partition coefficient (Wildman–Crippen LogP) is 3.26. The van der Waals surface area contributed by atoms with E-state index in [2.05, 4.69) is 0 Å². The number of amides is 3. The van der Waals surface area contributed by atoms with Gasteiger partial charge >= 0.3 is 0 Å². The summed E-state index contributed by atoms with van der Waals surface area (Å²) in [4.78, 5) is 63.1. The van der Waals surface area contributed by atoms with Crippen molar-refractivity contribution in [3.63, 3.8) is 0 Å². The summed E-state index contributed by atoms with van der Waals surface area (Å²) < 4.78 is 0. The third-order valence-corrected chi connectivity index (χ3v) is 6.35. The Morgan fingerprint density at radius 2 is 1.61 bits per heavy atom. The third kappa shape index (κ3) is 4.26. The summed E-state index contributed by atoms with van der Waals surface area (Å²) in [5, 5.41) is 12.7. The molecule has 0 bridgehead atoms. The van der Waals surface area contributed by atoms with Gasteiger partial charge < -0.3 is 0 Å². The quantitative estimate of drug-likeness (QED) is 0.289. The fourth-order valence-electron chi connectivity index (χ4n) is 4.57. The summed E-state index contributed by atoms with van der Waals surface area (Å²) in [6.07, 6.45) is 1.92. The lowest BCUT2D eigenvalue weighted by Gasteiger charge is -2.30. The van der Waals surface area contributed by atoms with Gasteiger partial charge in [-0.1, -0.05) is 37.3 Å². The maximum absolute atomic E-state index is 13.4. The largest absolute Gasteiger partial charge is 0.292 e. The summed E-state index contributed by atoms with van der Waals surface area (Å²) >= 11 is 0. The van der Waals surface area contributed by atoms with Crippen LogP contribution in [0.1, 0.15) is 46.9 Å². The number of fused-ring (bicyclic) bond motifs is 1. The van der Waals surface area contributed by atoms with E-state index in [9.17, 15) is 29.3 Å². The summed E-state index contributed by atoms with van der Waals surface area (Å²) in [5.74, 6) is -2.88. The van der Waals surface area contributed by atoms with Crippen molar-refractivity contribution in [3.05, 3.63) is 75.8 Å². The smallest absolute Gasteiger partial charge is 0.273 e. The van der Waals surface area contributed by atoms with Crippen LogP contribution in [-0.2, 0) is 9.59 Å². The van der Waals surface area contributed by atoms with Crippen LogP contribution in [0, 0.1) is 27.9 Å². The molecule has 1 aliphatic heterocycles. The molecule has 1 saturated carbocycles. The first-order valence-corrected chi connectivity index (χ1v) is 10.8. The van der Waals surface area contributed by atoms with Crippen LogP contribution < -0.4 is 0 Å². The van der Waals surface area contributed by atoms with Crippen molar-refractivity contribution in [2.75, 3.05) is 6.54 Å². The second-order valence-corrected chi connectivity index (χ2v) is 8.58. The van der Waals surface area contributed by atoms with E-state index >= 15 is 0 Å². The molecule has 3 atom stereocenters. The molecule has 2 fully saturated rings. The lowest BCUT2D eigenvalue weighted by molar-refractivity contribution is -0.384. The summed E-state index contributed by atoms with van der Waals surface area (Å²) in [7, 11) is 0. The van der Waals surface area contributed by atoms with Crippen molar-refractivity contribution in [1.29, 1.82) is 0 Å². The van der Waals surface area contributed by atoms with Crippen LogP contribution in [-0.4, -0.2) is 45.0 Å². The normalized spacial score (nSPS) is 22.1. The number of carbonyl (C=O) groups is 4. The standard InChI is InChI=1S/C24H23N3O6/c1-15-7-12-19-20(13-15)24(31)26(23(19)30)25(14-21(28)16-5-3-2-4-6-16)22(29)17-8-10-18(11-9-17)27(32)33/h2-6,8-11,15,19-20H,7,12-14H2,1H3/t15-,19+,20-/m1/s1. The lowest BCUT2D eigenvalue weighted by Crippen LogP contribution is -2.52. The first kappa shape index (κ1) is 22.3. The van der Waals surface area contributed by atoms with Crippen LogP contribution in [0.2, 0.25) is 0 Å². The Labute approximate surface area is 190 Å². The van der Waals surface area contributed by atoms with Gasteiger partial charge in [0.1, 0.15) is 6.54 Å². The number of hydrogen-bond donors (Lipinski definition) is 0. The molecule has 4 rings (SSSR count). The number of carbonyl (C=O) groups excluding carboxylic acids is 4. The van der Waals surface area contributed by atoms with Crippen molar-refractivity contribution >= 4 is 29.2 Å². The molecule has 2 aromatic rings.